The fraction of sp³-hybridized carbons (Fsp3) is 0.500. The molecule has 0 saturated carbocycles. The van der Waals surface area contributed by atoms with Crippen molar-refractivity contribution in [3.05, 3.63) is 34.1 Å². The predicted molar refractivity (Wildman–Crippen MR) is 85.2 cm³/mol. The number of halogens is 3. The van der Waals surface area contributed by atoms with Gasteiger partial charge >= 0.3 is 6.09 Å². The lowest BCUT2D eigenvalue weighted by Crippen LogP contribution is -2.57. The number of hydrogen-bond donors (Lipinski definition) is 1. The van der Waals surface area contributed by atoms with Gasteiger partial charge in [-0.15, -0.1) is 12.4 Å². The van der Waals surface area contributed by atoms with Gasteiger partial charge in [-0.2, -0.15) is 0 Å². The van der Waals surface area contributed by atoms with Gasteiger partial charge in [0.2, 0.25) is 0 Å². The maximum Gasteiger partial charge on any atom is 0.410 e. The molecule has 0 aromatic heterocycles. The predicted octanol–water partition coefficient (Wildman–Crippen LogP) is 3.33. The molecular weight excluding hydrogens is 363 g/mol. The monoisotopic (exact) mass is 380 g/mol. The number of nitrogens with zero attached hydrogens (tertiary/aromatic N) is 1. The summed E-state index contributed by atoms with van der Waals surface area (Å²) in [5.41, 5.74) is 0.372. The smallest absolute Gasteiger partial charge is 0.410 e. The van der Waals surface area contributed by atoms with E-state index < -0.39 is 6.09 Å². The van der Waals surface area contributed by atoms with Crippen LogP contribution < -0.4 is 5.32 Å². The molecule has 118 valence electrons. The number of piperazine rings is 1. The second-order valence-electron chi connectivity index (χ2n) is 5.05. The van der Waals surface area contributed by atoms with Crippen LogP contribution in [0.25, 0.3) is 0 Å². The summed E-state index contributed by atoms with van der Waals surface area (Å²) in [6.07, 6.45) is -0.395. The lowest BCUT2D eigenvalue weighted by Gasteiger charge is -2.38. The van der Waals surface area contributed by atoms with Crippen LogP contribution in [0.1, 0.15) is 19.4 Å². The van der Waals surface area contributed by atoms with E-state index in [1.807, 2.05) is 13.8 Å². The summed E-state index contributed by atoms with van der Waals surface area (Å²) in [5, 5.41) is 3.24. The van der Waals surface area contributed by atoms with Gasteiger partial charge in [0, 0.05) is 35.2 Å². The largest absolute Gasteiger partial charge is 0.444 e. The second-order valence-corrected chi connectivity index (χ2v) is 5.97. The Labute approximate surface area is 138 Å². The molecule has 1 aromatic carbocycles. The third-order valence-corrected chi connectivity index (χ3v) is 3.90. The number of amides is 1. The molecule has 2 atom stereocenters. The highest BCUT2D eigenvalue weighted by atomic mass is 79.9. The molecule has 2 unspecified atom stereocenters. The standard InChI is InChI=1S/C14H18BrFN2O2.ClH/c1-9-6-17-7-10(2)18(9)14(19)20-8-11-3-4-12(15)5-13(11)16;/h3-5,9-10,17H,6-8H2,1-2H3;1H. The highest BCUT2D eigenvalue weighted by Crippen LogP contribution is 2.17. The number of ether oxygens (including phenoxy) is 1. The summed E-state index contributed by atoms with van der Waals surface area (Å²) in [6, 6.07) is 4.83. The number of rotatable bonds is 2. The summed E-state index contributed by atoms with van der Waals surface area (Å²) < 4.78 is 19.5. The summed E-state index contributed by atoms with van der Waals surface area (Å²) in [6.45, 7) is 5.35. The van der Waals surface area contributed by atoms with Crippen molar-refractivity contribution in [1.82, 2.24) is 10.2 Å². The Hall–Kier alpha value is -0.850. The maximum atomic E-state index is 13.7. The van der Waals surface area contributed by atoms with Crippen molar-refractivity contribution in [1.29, 1.82) is 0 Å². The van der Waals surface area contributed by atoms with Gasteiger partial charge in [-0.1, -0.05) is 22.0 Å². The molecule has 0 aliphatic carbocycles. The average molecular weight is 382 g/mol. The topological polar surface area (TPSA) is 41.6 Å². The minimum atomic E-state index is -0.395. The van der Waals surface area contributed by atoms with Crippen molar-refractivity contribution < 1.29 is 13.9 Å². The molecule has 0 bridgehead atoms. The third-order valence-electron chi connectivity index (χ3n) is 3.41. The zero-order chi connectivity index (χ0) is 14.7. The van der Waals surface area contributed by atoms with E-state index in [0.29, 0.717) is 10.0 Å². The van der Waals surface area contributed by atoms with Gasteiger partial charge in [0.15, 0.2) is 0 Å². The first-order chi connectivity index (χ1) is 9.49. The van der Waals surface area contributed by atoms with Crippen molar-refractivity contribution in [2.45, 2.75) is 32.5 Å². The second kappa shape index (κ2) is 7.96. The Bertz CT molecular complexity index is 494. The Balaban J connectivity index is 0.00000220. The first kappa shape index (κ1) is 18.2. The number of carbonyl (C=O) groups is 1. The molecule has 1 saturated heterocycles. The first-order valence-corrected chi connectivity index (χ1v) is 7.38. The minimum Gasteiger partial charge on any atom is -0.444 e. The number of hydrogen-bond acceptors (Lipinski definition) is 3. The van der Waals surface area contributed by atoms with E-state index in [1.54, 1.807) is 17.0 Å². The van der Waals surface area contributed by atoms with Gasteiger partial charge in [0.1, 0.15) is 12.4 Å². The molecule has 1 fully saturated rings. The summed E-state index contributed by atoms with van der Waals surface area (Å²) >= 11 is 3.19. The van der Waals surface area contributed by atoms with Crippen molar-refractivity contribution in [2.24, 2.45) is 0 Å². The van der Waals surface area contributed by atoms with Gasteiger partial charge in [-0.25, -0.2) is 9.18 Å². The van der Waals surface area contributed by atoms with Crippen molar-refractivity contribution in [3.8, 4) is 0 Å². The molecule has 0 radical (unpaired) electrons. The van der Waals surface area contributed by atoms with E-state index >= 15 is 0 Å². The van der Waals surface area contributed by atoms with Crippen LogP contribution in [0.2, 0.25) is 0 Å². The SMILES string of the molecule is CC1CNCC(C)N1C(=O)OCc1ccc(Br)cc1F.Cl. The molecule has 1 aromatic rings. The van der Waals surface area contributed by atoms with Gasteiger partial charge in [-0.3, -0.25) is 0 Å². The van der Waals surface area contributed by atoms with E-state index in [-0.39, 0.29) is 36.9 Å². The molecular formula is C14H19BrClFN2O2. The molecule has 2 rings (SSSR count). The van der Waals surface area contributed by atoms with Crippen LogP contribution in [0.4, 0.5) is 9.18 Å². The number of nitrogens with one attached hydrogen (secondary N) is 1. The minimum absolute atomic E-state index is 0. The third kappa shape index (κ3) is 4.56. The normalized spacial score (nSPS) is 21.6. The molecule has 1 aliphatic heterocycles. The molecule has 1 aliphatic rings. The van der Waals surface area contributed by atoms with Crippen LogP contribution >= 0.6 is 28.3 Å². The Morgan fingerprint density at radius 1 is 1.43 bits per heavy atom. The van der Waals surface area contributed by atoms with E-state index in [9.17, 15) is 9.18 Å². The molecule has 1 amide bonds. The average Bonchev–Trinajstić information content (AvgIpc) is 2.37. The van der Waals surface area contributed by atoms with Crippen LogP contribution in [-0.2, 0) is 11.3 Å². The lowest BCUT2D eigenvalue weighted by atomic mass is 10.1. The lowest BCUT2D eigenvalue weighted by molar-refractivity contribution is 0.0558. The molecule has 4 nitrogen and oxygen atoms in total. The van der Waals surface area contributed by atoms with Crippen LogP contribution in [0.3, 0.4) is 0 Å². The van der Waals surface area contributed by atoms with Gasteiger partial charge in [0.05, 0.1) is 0 Å². The van der Waals surface area contributed by atoms with Crippen molar-refractivity contribution in [3.63, 3.8) is 0 Å². The Kier molecular flexibility index (Phi) is 6.90. The highest BCUT2D eigenvalue weighted by Gasteiger charge is 2.30. The van der Waals surface area contributed by atoms with E-state index in [4.69, 9.17) is 4.74 Å². The fourth-order valence-corrected chi connectivity index (χ4v) is 2.68. The molecule has 0 spiro atoms. The molecule has 21 heavy (non-hydrogen) atoms. The highest BCUT2D eigenvalue weighted by molar-refractivity contribution is 9.10. The van der Waals surface area contributed by atoms with Crippen LogP contribution in [0.5, 0.6) is 0 Å². The molecule has 1 heterocycles. The number of carbonyl (C=O) groups excluding carboxylic acids is 1. The maximum absolute atomic E-state index is 13.7. The van der Waals surface area contributed by atoms with Crippen molar-refractivity contribution >= 4 is 34.4 Å². The Morgan fingerprint density at radius 2 is 2.05 bits per heavy atom. The van der Waals surface area contributed by atoms with Crippen LogP contribution in [0.15, 0.2) is 22.7 Å². The van der Waals surface area contributed by atoms with Crippen molar-refractivity contribution in [2.75, 3.05) is 13.1 Å². The summed E-state index contributed by atoms with van der Waals surface area (Å²) in [5.74, 6) is -0.381. The zero-order valence-corrected chi connectivity index (χ0v) is 14.3. The summed E-state index contributed by atoms with van der Waals surface area (Å²) in [4.78, 5) is 13.8. The van der Waals surface area contributed by atoms with Crippen LogP contribution in [0, 0.1) is 5.82 Å². The van der Waals surface area contributed by atoms with Gasteiger partial charge < -0.3 is 15.0 Å². The molecule has 1 N–H and O–H groups in total. The van der Waals surface area contributed by atoms with E-state index in [1.165, 1.54) is 6.07 Å². The zero-order valence-electron chi connectivity index (χ0n) is 11.9. The van der Waals surface area contributed by atoms with Crippen LogP contribution in [-0.4, -0.2) is 36.2 Å². The van der Waals surface area contributed by atoms with Gasteiger partial charge in [-0.05, 0) is 26.0 Å². The van der Waals surface area contributed by atoms with E-state index in [2.05, 4.69) is 21.2 Å². The first-order valence-electron chi connectivity index (χ1n) is 6.58. The fourth-order valence-electron chi connectivity index (χ4n) is 2.34. The quantitative estimate of drug-likeness (QED) is 0.854. The van der Waals surface area contributed by atoms with E-state index in [0.717, 1.165) is 13.1 Å². The Morgan fingerprint density at radius 3 is 2.62 bits per heavy atom. The van der Waals surface area contributed by atoms with Gasteiger partial charge in [0.25, 0.3) is 0 Å². The molecule has 7 heteroatoms. The summed E-state index contributed by atoms with van der Waals surface area (Å²) in [7, 11) is 0. The number of benzene rings is 1.